The molecule has 2 nitrogen and oxygen atoms in total. The van der Waals surface area contributed by atoms with Crippen LogP contribution in [0.2, 0.25) is 0 Å². The van der Waals surface area contributed by atoms with Crippen molar-refractivity contribution in [2.75, 3.05) is 0 Å². The van der Waals surface area contributed by atoms with Crippen LogP contribution in [-0.2, 0) is 25.9 Å². The Hall–Kier alpha value is -0.427. The summed E-state index contributed by atoms with van der Waals surface area (Å²) >= 11 is 0. The van der Waals surface area contributed by atoms with Gasteiger partial charge in [0.1, 0.15) is 5.75 Å². The Labute approximate surface area is 135 Å². The smallest absolute Gasteiger partial charge is 0.134 e. The first kappa shape index (κ1) is 16.0. The first-order valence-electron chi connectivity index (χ1n) is 7.87. The molecule has 0 spiro atoms. The number of aryl methyl sites for hydroxylation is 2. The van der Waals surface area contributed by atoms with Gasteiger partial charge in [-0.15, -0.1) is 0 Å². The van der Waals surface area contributed by atoms with Crippen LogP contribution in [0.5, 0.6) is 5.75 Å². The van der Waals surface area contributed by atoms with Crippen molar-refractivity contribution in [3.05, 3.63) is 23.5 Å². The Kier molecular flexibility index (Phi) is 5.60. The maximum Gasteiger partial charge on any atom is 0.134 e. The van der Waals surface area contributed by atoms with E-state index in [1.54, 1.807) is 6.20 Å². The zero-order valence-electron chi connectivity index (χ0n) is 12.3. The van der Waals surface area contributed by atoms with Crippen molar-refractivity contribution in [1.29, 1.82) is 0 Å². The number of fused-ring (bicyclic) bond motifs is 1. The Balaban J connectivity index is 0.00000147. The third-order valence-corrected chi connectivity index (χ3v) is 5.36. The summed E-state index contributed by atoms with van der Waals surface area (Å²) in [5.41, 5.74) is 2.31. The molecular weight excluding hydrogens is 337 g/mol. The van der Waals surface area contributed by atoms with Gasteiger partial charge in [-0.05, 0) is 62.0 Å². The van der Waals surface area contributed by atoms with Gasteiger partial charge in [0.2, 0.25) is 0 Å². The minimum atomic E-state index is 0. The molecule has 1 aromatic rings. The van der Waals surface area contributed by atoms with E-state index in [9.17, 15) is 5.11 Å². The Morgan fingerprint density at radius 1 is 1.20 bits per heavy atom. The van der Waals surface area contributed by atoms with Gasteiger partial charge >= 0.3 is 0 Å². The molecule has 0 bridgehead atoms. The van der Waals surface area contributed by atoms with E-state index in [-0.39, 0.29) is 25.2 Å². The monoisotopic (exact) mass is 362 g/mol. The largest absolute Gasteiger partial charge is 0.506 e. The number of aromatic nitrogens is 1. The third kappa shape index (κ3) is 3.61. The van der Waals surface area contributed by atoms with E-state index >= 15 is 0 Å². The summed E-state index contributed by atoms with van der Waals surface area (Å²) in [7, 11) is 0. The molecule has 3 heteroatoms. The predicted molar refractivity (Wildman–Crippen MR) is 77.1 cm³/mol. The Morgan fingerprint density at radius 2 is 2.00 bits per heavy atom. The molecule has 2 aliphatic carbocycles. The van der Waals surface area contributed by atoms with E-state index in [4.69, 9.17) is 0 Å². The van der Waals surface area contributed by atoms with Crippen LogP contribution in [0, 0.1) is 24.7 Å². The topological polar surface area (TPSA) is 33.1 Å². The fraction of sp³-hybridized carbons (Fsp3) is 0.706. The molecule has 2 aliphatic rings. The van der Waals surface area contributed by atoms with Gasteiger partial charge in [0.15, 0.2) is 0 Å². The SMILES string of the molecule is Cc1cc(O)cnc1CCC1CCC2CCCC2C1.[Rh]. The van der Waals surface area contributed by atoms with E-state index in [1.807, 2.05) is 6.07 Å². The molecule has 0 amide bonds. The molecule has 3 atom stereocenters. The van der Waals surface area contributed by atoms with Crippen LogP contribution in [0.15, 0.2) is 12.3 Å². The van der Waals surface area contributed by atoms with Crippen LogP contribution >= 0.6 is 0 Å². The predicted octanol–water partition coefficient (Wildman–Crippen LogP) is 4.24. The normalized spacial score (nSPS) is 28.8. The van der Waals surface area contributed by atoms with Crippen molar-refractivity contribution >= 4 is 0 Å². The fourth-order valence-corrected chi connectivity index (χ4v) is 4.25. The van der Waals surface area contributed by atoms with Crippen molar-refractivity contribution in [2.45, 2.75) is 58.3 Å². The van der Waals surface area contributed by atoms with E-state index < -0.39 is 0 Å². The van der Waals surface area contributed by atoms with Gasteiger partial charge in [-0.1, -0.05) is 25.7 Å². The number of nitrogens with zero attached hydrogens (tertiary/aromatic N) is 1. The molecule has 20 heavy (non-hydrogen) atoms. The maximum atomic E-state index is 9.39. The van der Waals surface area contributed by atoms with Gasteiger partial charge in [0.05, 0.1) is 6.20 Å². The van der Waals surface area contributed by atoms with Crippen LogP contribution in [0.1, 0.15) is 56.2 Å². The summed E-state index contributed by atoms with van der Waals surface area (Å²) in [6.07, 6.45) is 12.7. The molecule has 0 aromatic carbocycles. The third-order valence-electron chi connectivity index (χ3n) is 5.36. The number of hydrogen-bond donors (Lipinski definition) is 1. The minimum absolute atomic E-state index is 0. The van der Waals surface area contributed by atoms with Crippen molar-refractivity contribution < 1.29 is 24.6 Å². The van der Waals surface area contributed by atoms with Gasteiger partial charge < -0.3 is 5.11 Å². The molecule has 113 valence electrons. The fourth-order valence-electron chi connectivity index (χ4n) is 4.25. The summed E-state index contributed by atoms with van der Waals surface area (Å²) in [6.45, 7) is 2.05. The van der Waals surface area contributed by atoms with Crippen LogP contribution < -0.4 is 0 Å². The second kappa shape index (κ2) is 7.03. The number of pyridine rings is 1. The van der Waals surface area contributed by atoms with Crippen molar-refractivity contribution in [3.63, 3.8) is 0 Å². The number of rotatable bonds is 3. The van der Waals surface area contributed by atoms with Gasteiger partial charge in [0.25, 0.3) is 0 Å². The quantitative estimate of drug-likeness (QED) is 0.816. The first-order valence-corrected chi connectivity index (χ1v) is 7.87. The molecule has 2 fully saturated rings. The van der Waals surface area contributed by atoms with Crippen LogP contribution in [0.3, 0.4) is 0 Å². The van der Waals surface area contributed by atoms with Crippen LogP contribution in [0.4, 0.5) is 0 Å². The molecule has 0 saturated heterocycles. The molecule has 1 radical (unpaired) electrons. The number of hydrogen-bond acceptors (Lipinski definition) is 2. The summed E-state index contributed by atoms with van der Waals surface area (Å²) in [6, 6.07) is 1.83. The van der Waals surface area contributed by atoms with Crippen LogP contribution in [0.25, 0.3) is 0 Å². The standard InChI is InChI=1S/C17H25NO.Rh/c1-12-9-16(19)11-18-17(12)8-6-13-5-7-14-3-2-4-15(14)10-13;/h9,11,13-15,19H,2-8,10H2,1H3;. The Bertz CT molecular complexity index is 449. The molecule has 3 unspecified atom stereocenters. The van der Waals surface area contributed by atoms with E-state index in [2.05, 4.69) is 11.9 Å². The molecule has 1 N–H and O–H groups in total. The summed E-state index contributed by atoms with van der Waals surface area (Å²) < 4.78 is 0. The average molecular weight is 362 g/mol. The second-order valence-electron chi connectivity index (χ2n) is 6.63. The van der Waals surface area contributed by atoms with Gasteiger partial charge in [-0.2, -0.15) is 0 Å². The summed E-state index contributed by atoms with van der Waals surface area (Å²) in [5.74, 6) is 3.29. The average Bonchev–Trinajstić information content (AvgIpc) is 2.85. The van der Waals surface area contributed by atoms with Gasteiger partial charge in [-0.3, -0.25) is 4.98 Å². The van der Waals surface area contributed by atoms with E-state index in [1.165, 1.54) is 50.6 Å². The van der Waals surface area contributed by atoms with Crippen LogP contribution in [-0.4, -0.2) is 10.1 Å². The molecule has 2 saturated carbocycles. The Morgan fingerprint density at radius 3 is 2.80 bits per heavy atom. The molecule has 1 aromatic heterocycles. The maximum absolute atomic E-state index is 9.39. The van der Waals surface area contributed by atoms with Crippen molar-refractivity contribution in [1.82, 2.24) is 4.98 Å². The van der Waals surface area contributed by atoms with Crippen molar-refractivity contribution in [3.8, 4) is 5.75 Å². The zero-order valence-corrected chi connectivity index (χ0v) is 13.9. The first-order chi connectivity index (χ1) is 9.22. The second-order valence-corrected chi connectivity index (χ2v) is 6.63. The zero-order chi connectivity index (χ0) is 13.2. The molecule has 0 aliphatic heterocycles. The van der Waals surface area contributed by atoms with E-state index in [0.717, 1.165) is 29.7 Å². The minimum Gasteiger partial charge on any atom is -0.506 e. The summed E-state index contributed by atoms with van der Waals surface area (Å²) in [5, 5.41) is 9.39. The number of aromatic hydroxyl groups is 1. The van der Waals surface area contributed by atoms with Gasteiger partial charge in [0, 0.05) is 25.2 Å². The molecule has 1 heterocycles. The summed E-state index contributed by atoms with van der Waals surface area (Å²) in [4.78, 5) is 4.38. The van der Waals surface area contributed by atoms with Crippen molar-refractivity contribution in [2.24, 2.45) is 17.8 Å². The van der Waals surface area contributed by atoms with Gasteiger partial charge in [-0.25, -0.2) is 0 Å². The molecular formula is C17H25NORh. The molecule has 3 rings (SSSR count). The van der Waals surface area contributed by atoms with E-state index in [0.29, 0.717) is 0 Å².